The highest BCUT2D eigenvalue weighted by molar-refractivity contribution is 5.89. The number of fused-ring (bicyclic) bond motifs is 3. The van der Waals surface area contributed by atoms with Crippen LogP contribution in [0.5, 0.6) is 0 Å². The number of aromatic nitrogens is 1. The lowest BCUT2D eigenvalue weighted by Gasteiger charge is -2.36. The first-order valence-electron chi connectivity index (χ1n) is 12.1. The maximum absolute atomic E-state index is 13.7. The fraction of sp³-hybridized carbons (Fsp3) is 0.640. The monoisotopic (exact) mass is 439 g/mol. The summed E-state index contributed by atoms with van der Waals surface area (Å²) in [6.07, 6.45) is 9.30. The van der Waals surface area contributed by atoms with E-state index in [1.165, 1.54) is 0 Å². The molecule has 7 nitrogen and oxygen atoms in total. The summed E-state index contributed by atoms with van der Waals surface area (Å²) in [6, 6.07) is 2.78. The number of piperidine rings is 1. The van der Waals surface area contributed by atoms with Gasteiger partial charge in [0, 0.05) is 55.8 Å². The molecule has 2 saturated heterocycles. The van der Waals surface area contributed by atoms with Gasteiger partial charge in [0.25, 0.3) is 5.56 Å². The highest BCUT2D eigenvalue weighted by Crippen LogP contribution is 2.50. The summed E-state index contributed by atoms with van der Waals surface area (Å²) in [7, 11) is 0. The molecule has 172 valence electrons. The summed E-state index contributed by atoms with van der Waals surface area (Å²) >= 11 is 0. The number of aliphatic hydroxyl groups excluding tert-OH is 1. The normalized spacial score (nSPS) is 29.4. The van der Waals surface area contributed by atoms with Crippen LogP contribution in [-0.4, -0.2) is 57.0 Å². The standard InChI is InChI=1S/C25H33N3O4/c1-2-6-17-9-10-20-22-18(14-27(20)24(17)31)19(15-29)23(25(32)26-11-4-3-5-12-26)28(22)21(30)13-16-7-8-16/h2,6,9-10,16,18-19,22-23,29H,3-5,7-8,11-15H2,1H3/b6-2-/t18-,19-,22+,23-/m0/s1. The number of pyridine rings is 1. The summed E-state index contributed by atoms with van der Waals surface area (Å²) in [4.78, 5) is 43.9. The Bertz CT molecular complexity index is 989. The molecular formula is C25H33N3O4. The van der Waals surface area contributed by atoms with Crippen molar-refractivity contribution in [1.29, 1.82) is 0 Å². The lowest BCUT2D eigenvalue weighted by atomic mass is 9.88. The second kappa shape index (κ2) is 8.50. The zero-order chi connectivity index (χ0) is 22.4. The molecule has 0 radical (unpaired) electrons. The Hall–Kier alpha value is -2.41. The predicted molar refractivity (Wildman–Crippen MR) is 121 cm³/mol. The van der Waals surface area contributed by atoms with Gasteiger partial charge in [0.1, 0.15) is 6.04 Å². The number of nitrogens with zero attached hydrogens (tertiary/aromatic N) is 3. The van der Waals surface area contributed by atoms with E-state index in [9.17, 15) is 19.5 Å². The fourth-order valence-electron chi connectivity index (χ4n) is 6.05. The lowest BCUT2D eigenvalue weighted by Crippen LogP contribution is -2.52. The van der Waals surface area contributed by atoms with Gasteiger partial charge in [-0.15, -0.1) is 0 Å². The minimum absolute atomic E-state index is 0.00719. The van der Waals surface area contributed by atoms with E-state index in [4.69, 9.17) is 0 Å². The molecule has 0 unspecified atom stereocenters. The molecule has 0 spiro atoms. The van der Waals surface area contributed by atoms with Crippen molar-refractivity contribution in [3.63, 3.8) is 0 Å². The van der Waals surface area contributed by atoms with Crippen LogP contribution in [-0.2, 0) is 16.1 Å². The van der Waals surface area contributed by atoms with Crippen molar-refractivity contribution in [1.82, 2.24) is 14.4 Å². The van der Waals surface area contributed by atoms with Gasteiger partial charge in [-0.1, -0.05) is 12.2 Å². The largest absolute Gasteiger partial charge is 0.396 e. The first-order chi connectivity index (χ1) is 15.5. The third-order valence-corrected chi connectivity index (χ3v) is 7.82. The summed E-state index contributed by atoms with van der Waals surface area (Å²) in [5.41, 5.74) is 1.35. The van der Waals surface area contributed by atoms with Gasteiger partial charge in [0.15, 0.2) is 0 Å². The minimum Gasteiger partial charge on any atom is -0.396 e. The highest BCUT2D eigenvalue weighted by atomic mass is 16.3. The van der Waals surface area contributed by atoms with Crippen LogP contribution < -0.4 is 5.56 Å². The number of likely N-dealkylation sites (tertiary alicyclic amines) is 2. The maximum atomic E-state index is 13.7. The van der Waals surface area contributed by atoms with Crippen molar-refractivity contribution in [2.45, 2.75) is 64.1 Å². The van der Waals surface area contributed by atoms with E-state index in [0.29, 0.717) is 24.4 Å². The molecule has 4 aliphatic rings. The number of amides is 2. The van der Waals surface area contributed by atoms with E-state index >= 15 is 0 Å². The van der Waals surface area contributed by atoms with Crippen molar-refractivity contribution >= 4 is 17.9 Å². The molecule has 1 aliphatic carbocycles. The zero-order valence-electron chi connectivity index (χ0n) is 18.8. The van der Waals surface area contributed by atoms with E-state index in [2.05, 4.69) is 0 Å². The van der Waals surface area contributed by atoms with E-state index in [1.807, 2.05) is 30.0 Å². The minimum atomic E-state index is -0.640. The van der Waals surface area contributed by atoms with Gasteiger partial charge in [-0.2, -0.15) is 0 Å². The summed E-state index contributed by atoms with van der Waals surface area (Å²) < 4.78 is 1.76. The molecule has 3 fully saturated rings. The van der Waals surface area contributed by atoms with Gasteiger partial charge in [0.05, 0.1) is 6.04 Å². The molecule has 4 heterocycles. The Balaban J connectivity index is 1.55. The zero-order valence-corrected chi connectivity index (χ0v) is 18.8. The number of hydrogen-bond donors (Lipinski definition) is 1. The molecule has 1 aromatic heterocycles. The molecule has 1 aromatic rings. The van der Waals surface area contributed by atoms with Crippen LogP contribution in [0.25, 0.3) is 6.08 Å². The van der Waals surface area contributed by atoms with Crippen LogP contribution in [0.4, 0.5) is 0 Å². The third-order valence-electron chi connectivity index (χ3n) is 7.82. The summed E-state index contributed by atoms with van der Waals surface area (Å²) in [5, 5.41) is 10.4. The average molecular weight is 440 g/mol. The molecule has 0 bridgehead atoms. The molecule has 1 N–H and O–H groups in total. The van der Waals surface area contributed by atoms with Gasteiger partial charge in [-0.3, -0.25) is 14.4 Å². The number of allylic oxidation sites excluding steroid dienone is 1. The SMILES string of the molecule is C/C=C\c1ccc2n(c1=O)C[C@H]1[C@H](CO)[C@@H](C(=O)N3CCCCC3)N(C(=O)CC3CC3)[C@@H]21. The number of hydrogen-bond acceptors (Lipinski definition) is 4. The van der Waals surface area contributed by atoms with Gasteiger partial charge < -0.3 is 19.5 Å². The van der Waals surface area contributed by atoms with Gasteiger partial charge in [0.2, 0.25) is 11.8 Å². The second-order valence-corrected chi connectivity index (χ2v) is 9.86. The molecule has 1 saturated carbocycles. The van der Waals surface area contributed by atoms with Crippen LogP contribution in [0, 0.1) is 17.8 Å². The van der Waals surface area contributed by atoms with Crippen molar-refractivity contribution < 1.29 is 14.7 Å². The van der Waals surface area contributed by atoms with Crippen molar-refractivity contribution in [2.75, 3.05) is 19.7 Å². The van der Waals surface area contributed by atoms with Crippen molar-refractivity contribution in [3.8, 4) is 0 Å². The molecule has 32 heavy (non-hydrogen) atoms. The predicted octanol–water partition coefficient (Wildman–Crippen LogP) is 2.18. The molecule has 2 amide bonds. The van der Waals surface area contributed by atoms with Crippen LogP contribution >= 0.6 is 0 Å². The third kappa shape index (κ3) is 3.51. The Morgan fingerprint density at radius 1 is 1.16 bits per heavy atom. The Kier molecular flexibility index (Phi) is 5.70. The van der Waals surface area contributed by atoms with E-state index in [0.717, 1.165) is 50.9 Å². The van der Waals surface area contributed by atoms with Crippen molar-refractivity contribution in [3.05, 3.63) is 39.8 Å². The van der Waals surface area contributed by atoms with Crippen LogP contribution in [0.3, 0.4) is 0 Å². The maximum Gasteiger partial charge on any atom is 0.258 e. The Morgan fingerprint density at radius 2 is 1.91 bits per heavy atom. The fourth-order valence-corrected chi connectivity index (χ4v) is 6.05. The number of carbonyl (C=O) groups is 2. The van der Waals surface area contributed by atoms with Gasteiger partial charge >= 0.3 is 0 Å². The molecular weight excluding hydrogens is 406 g/mol. The molecule has 3 aliphatic heterocycles. The van der Waals surface area contributed by atoms with Crippen LogP contribution in [0.1, 0.15) is 62.7 Å². The Labute approximate surface area is 188 Å². The molecule has 0 aromatic carbocycles. The lowest BCUT2D eigenvalue weighted by molar-refractivity contribution is -0.148. The van der Waals surface area contributed by atoms with E-state index in [1.54, 1.807) is 15.5 Å². The average Bonchev–Trinajstić information content (AvgIpc) is 3.44. The van der Waals surface area contributed by atoms with Crippen LogP contribution in [0.15, 0.2) is 23.0 Å². The summed E-state index contributed by atoms with van der Waals surface area (Å²) in [5.74, 6) is -0.119. The first kappa shape index (κ1) is 21.4. The smallest absolute Gasteiger partial charge is 0.258 e. The second-order valence-electron chi connectivity index (χ2n) is 9.86. The molecule has 5 rings (SSSR count). The van der Waals surface area contributed by atoms with Crippen LogP contribution in [0.2, 0.25) is 0 Å². The first-order valence-corrected chi connectivity index (χ1v) is 12.1. The quantitative estimate of drug-likeness (QED) is 0.762. The number of rotatable bonds is 5. The topological polar surface area (TPSA) is 82.8 Å². The molecule has 7 heteroatoms. The molecule has 4 atom stereocenters. The van der Waals surface area contributed by atoms with Crippen molar-refractivity contribution in [2.24, 2.45) is 17.8 Å². The van der Waals surface area contributed by atoms with E-state index in [-0.39, 0.29) is 41.9 Å². The number of aliphatic hydroxyl groups is 1. The van der Waals surface area contributed by atoms with Gasteiger partial charge in [-0.05, 0) is 57.1 Å². The van der Waals surface area contributed by atoms with E-state index < -0.39 is 6.04 Å². The number of carbonyl (C=O) groups excluding carboxylic acids is 2. The Morgan fingerprint density at radius 3 is 2.56 bits per heavy atom. The summed E-state index contributed by atoms with van der Waals surface area (Å²) in [6.45, 7) is 3.59. The van der Waals surface area contributed by atoms with Gasteiger partial charge in [-0.25, -0.2) is 0 Å². The highest BCUT2D eigenvalue weighted by Gasteiger charge is 2.58.